The summed E-state index contributed by atoms with van der Waals surface area (Å²) in [7, 11) is 0. The Morgan fingerprint density at radius 3 is 2.19 bits per heavy atom. The Kier molecular flexibility index (Phi) is 6.14. The summed E-state index contributed by atoms with van der Waals surface area (Å²) < 4.78 is 5.88. The summed E-state index contributed by atoms with van der Waals surface area (Å²) in [4.78, 5) is 0. The molecule has 2 rings (SSSR count). The number of para-hydroxylation sites is 1. The smallest absolute Gasteiger partial charge is 0.129 e. The summed E-state index contributed by atoms with van der Waals surface area (Å²) in [5, 5.41) is 3.63. The van der Waals surface area contributed by atoms with Gasteiger partial charge < -0.3 is 10.1 Å². The van der Waals surface area contributed by atoms with E-state index in [2.05, 4.69) is 31.3 Å². The highest BCUT2D eigenvalue weighted by molar-refractivity contribution is 5.49. The molecule has 0 heterocycles. The minimum atomic E-state index is 0.548. The van der Waals surface area contributed by atoms with Crippen LogP contribution in [0.1, 0.15) is 39.5 Å². The quantitative estimate of drug-likeness (QED) is 0.655. The second-order valence-electron chi connectivity index (χ2n) is 5.36. The summed E-state index contributed by atoms with van der Waals surface area (Å²) in [6, 6.07) is 18.7. The van der Waals surface area contributed by atoms with Crippen LogP contribution in [0, 0.1) is 0 Å². The average Bonchev–Trinajstić information content (AvgIpc) is 2.49. The summed E-state index contributed by atoms with van der Waals surface area (Å²) in [6.07, 6.45) is 4.82. The number of hydrogen-bond donors (Lipinski definition) is 1. The van der Waals surface area contributed by atoms with E-state index in [1.807, 2.05) is 42.5 Å². The van der Waals surface area contributed by atoms with Gasteiger partial charge in [0.2, 0.25) is 0 Å². The van der Waals surface area contributed by atoms with E-state index >= 15 is 0 Å². The Balaban J connectivity index is 2.03. The van der Waals surface area contributed by atoms with Crippen LogP contribution in [0.25, 0.3) is 0 Å². The Hall–Kier alpha value is -1.96. The van der Waals surface area contributed by atoms with E-state index < -0.39 is 0 Å². The van der Waals surface area contributed by atoms with Gasteiger partial charge in [-0.05, 0) is 37.1 Å². The van der Waals surface area contributed by atoms with Gasteiger partial charge in [-0.1, -0.05) is 51.0 Å². The maximum atomic E-state index is 5.88. The highest BCUT2D eigenvalue weighted by atomic mass is 16.5. The first-order valence-electron chi connectivity index (χ1n) is 7.91. The van der Waals surface area contributed by atoms with Crippen LogP contribution in [0.4, 0.5) is 5.69 Å². The lowest BCUT2D eigenvalue weighted by atomic mass is 10.1. The van der Waals surface area contributed by atoms with Crippen molar-refractivity contribution in [2.45, 2.75) is 45.6 Å². The van der Waals surface area contributed by atoms with Gasteiger partial charge in [-0.15, -0.1) is 0 Å². The molecule has 0 saturated heterocycles. The number of benzene rings is 2. The maximum absolute atomic E-state index is 5.88. The minimum Gasteiger partial charge on any atom is -0.457 e. The second kappa shape index (κ2) is 8.35. The van der Waals surface area contributed by atoms with E-state index in [4.69, 9.17) is 4.74 Å². The Labute approximate surface area is 128 Å². The number of ether oxygens (including phenoxy) is 1. The van der Waals surface area contributed by atoms with Gasteiger partial charge in [-0.25, -0.2) is 0 Å². The van der Waals surface area contributed by atoms with Gasteiger partial charge in [0, 0.05) is 17.8 Å². The molecule has 2 aromatic carbocycles. The summed E-state index contributed by atoms with van der Waals surface area (Å²) in [6.45, 7) is 4.47. The first kappa shape index (κ1) is 15.4. The molecule has 0 unspecified atom stereocenters. The molecule has 0 radical (unpaired) electrons. The molecule has 1 N–H and O–H groups in total. The third-order valence-corrected chi connectivity index (χ3v) is 3.46. The molecule has 2 aromatic rings. The zero-order chi connectivity index (χ0) is 14.9. The van der Waals surface area contributed by atoms with Crippen molar-refractivity contribution in [3.8, 4) is 11.5 Å². The summed E-state index contributed by atoms with van der Waals surface area (Å²) >= 11 is 0. The van der Waals surface area contributed by atoms with Crippen LogP contribution in [0.15, 0.2) is 54.6 Å². The van der Waals surface area contributed by atoms with E-state index in [-0.39, 0.29) is 0 Å². The molecule has 0 aliphatic rings. The first-order chi connectivity index (χ1) is 10.3. The van der Waals surface area contributed by atoms with E-state index in [1.165, 1.54) is 25.7 Å². The molecule has 2 heteroatoms. The molecule has 0 fully saturated rings. The average molecular weight is 283 g/mol. The number of anilines is 1. The topological polar surface area (TPSA) is 21.3 Å². The zero-order valence-electron chi connectivity index (χ0n) is 13.0. The highest BCUT2D eigenvalue weighted by Crippen LogP contribution is 2.25. The molecule has 0 aliphatic heterocycles. The van der Waals surface area contributed by atoms with Crippen LogP contribution in [-0.2, 0) is 0 Å². The van der Waals surface area contributed by atoms with E-state index in [1.54, 1.807) is 0 Å². The lowest BCUT2D eigenvalue weighted by Crippen LogP contribution is -2.18. The molecule has 0 aromatic heterocycles. The van der Waals surface area contributed by atoms with Gasteiger partial charge >= 0.3 is 0 Å². The normalized spacial score (nSPS) is 10.6. The SMILES string of the molecule is CCCC(CCC)Nc1cccc(Oc2ccccc2)c1. The number of hydrogen-bond acceptors (Lipinski definition) is 2. The van der Waals surface area contributed by atoms with Crippen molar-refractivity contribution in [1.29, 1.82) is 0 Å². The number of rotatable bonds is 8. The minimum absolute atomic E-state index is 0.548. The predicted octanol–water partition coefficient (Wildman–Crippen LogP) is 5.86. The molecule has 0 saturated carbocycles. The van der Waals surface area contributed by atoms with Crippen molar-refractivity contribution in [2.75, 3.05) is 5.32 Å². The molecule has 0 atom stereocenters. The van der Waals surface area contributed by atoms with Gasteiger partial charge in [0.25, 0.3) is 0 Å². The second-order valence-corrected chi connectivity index (χ2v) is 5.36. The number of nitrogens with one attached hydrogen (secondary N) is 1. The van der Waals surface area contributed by atoms with E-state index in [0.29, 0.717) is 6.04 Å². The molecule has 0 aliphatic carbocycles. The molecule has 0 bridgehead atoms. The lowest BCUT2D eigenvalue weighted by Gasteiger charge is -2.19. The summed E-state index contributed by atoms with van der Waals surface area (Å²) in [5.41, 5.74) is 1.13. The fraction of sp³-hybridized carbons (Fsp3) is 0.368. The van der Waals surface area contributed by atoms with Gasteiger partial charge in [0.05, 0.1) is 0 Å². The van der Waals surface area contributed by atoms with Crippen molar-refractivity contribution >= 4 is 5.69 Å². The lowest BCUT2D eigenvalue weighted by molar-refractivity contribution is 0.482. The Morgan fingerprint density at radius 1 is 0.857 bits per heavy atom. The first-order valence-corrected chi connectivity index (χ1v) is 7.91. The van der Waals surface area contributed by atoms with E-state index in [9.17, 15) is 0 Å². The van der Waals surface area contributed by atoms with Crippen molar-refractivity contribution in [3.05, 3.63) is 54.6 Å². The summed E-state index contributed by atoms with van der Waals surface area (Å²) in [5.74, 6) is 1.74. The van der Waals surface area contributed by atoms with Gasteiger partial charge in [0.15, 0.2) is 0 Å². The molecule has 0 spiro atoms. The van der Waals surface area contributed by atoms with Gasteiger partial charge in [-0.2, -0.15) is 0 Å². The Bertz CT molecular complexity index is 518. The standard InChI is InChI=1S/C19H25NO/c1-3-9-16(10-4-2)20-17-11-8-14-19(15-17)21-18-12-6-5-7-13-18/h5-8,11-16,20H,3-4,9-10H2,1-2H3. The molecule has 2 nitrogen and oxygen atoms in total. The van der Waals surface area contributed by atoms with Crippen molar-refractivity contribution < 1.29 is 4.74 Å². The van der Waals surface area contributed by atoms with Crippen molar-refractivity contribution in [3.63, 3.8) is 0 Å². The van der Waals surface area contributed by atoms with Crippen LogP contribution in [-0.4, -0.2) is 6.04 Å². The molecular formula is C19H25NO. The van der Waals surface area contributed by atoms with Crippen molar-refractivity contribution in [1.82, 2.24) is 0 Å². The van der Waals surface area contributed by atoms with Crippen LogP contribution in [0.5, 0.6) is 11.5 Å². The van der Waals surface area contributed by atoms with Gasteiger partial charge in [0.1, 0.15) is 11.5 Å². The molecule has 0 amide bonds. The zero-order valence-corrected chi connectivity index (χ0v) is 13.0. The Morgan fingerprint density at radius 2 is 1.52 bits per heavy atom. The third kappa shape index (κ3) is 5.14. The van der Waals surface area contributed by atoms with Crippen LogP contribution in [0.3, 0.4) is 0 Å². The predicted molar refractivity (Wildman–Crippen MR) is 90.2 cm³/mol. The van der Waals surface area contributed by atoms with E-state index in [0.717, 1.165) is 17.2 Å². The fourth-order valence-electron chi connectivity index (χ4n) is 2.50. The maximum Gasteiger partial charge on any atom is 0.129 e. The molecule has 21 heavy (non-hydrogen) atoms. The fourth-order valence-corrected chi connectivity index (χ4v) is 2.50. The van der Waals surface area contributed by atoms with Crippen LogP contribution < -0.4 is 10.1 Å². The van der Waals surface area contributed by atoms with Crippen molar-refractivity contribution in [2.24, 2.45) is 0 Å². The van der Waals surface area contributed by atoms with Crippen LogP contribution >= 0.6 is 0 Å². The van der Waals surface area contributed by atoms with Gasteiger partial charge in [-0.3, -0.25) is 0 Å². The highest BCUT2D eigenvalue weighted by Gasteiger charge is 2.07. The third-order valence-electron chi connectivity index (χ3n) is 3.46. The molecule has 112 valence electrons. The monoisotopic (exact) mass is 283 g/mol. The largest absolute Gasteiger partial charge is 0.457 e. The molecular weight excluding hydrogens is 258 g/mol. The van der Waals surface area contributed by atoms with Crippen LogP contribution in [0.2, 0.25) is 0 Å².